The molecule has 0 amide bonds. The van der Waals surface area contributed by atoms with Crippen molar-refractivity contribution in [2.24, 2.45) is 0 Å². The van der Waals surface area contributed by atoms with Crippen molar-refractivity contribution in [1.29, 1.82) is 0 Å². The number of hydrogen-bond acceptors (Lipinski definition) is 5. The number of aromatic nitrogens is 2. The van der Waals surface area contributed by atoms with Gasteiger partial charge >= 0.3 is 6.18 Å². The third kappa shape index (κ3) is 4.83. The molecule has 0 saturated carbocycles. The van der Waals surface area contributed by atoms with E-state index in [1.165, 1.54) is 0 Å². The maximum atomic E-state index is 12.4. The van der Waals surface area contributed by atoms with Gasteiger partial charge in [0, 0.05) is 12.1 Å². The van der Waals surface area contributed by atoms with Gasteiger partial charge in [0.1, 0.15) is 0 Å². The number of aliphatic hydroxyl groups is 1. The van der Waals surface area contributed by atoms with Gasteiger partial charge in [0.05, 0.1) is 19.7 Å². The van der Waals surface area contributed by atoms with Crippen LogP contribution in [0.3, 0.4) is 0 Å². The van der Waals surface area contributed by atoms with Crippen molar-refractivity contribution in [3.63, 3.8) is 0 Å². The number of rotatable bonds is 6. The third-order valence-corrected chi connectivity index (χ3v) is 2.68. The summed E-state index contributed by atoms with van der Waals surface area (Å²) in [6, 6.07) is 8.97. The molecular weight excluding hydrogens is 287 g/mol. The van der Waals surface area contributed by atoms with E-state index in [2.05, 4.69) is 10.1 Å². The molecule has 1 heterocycles. The van der Waals surface area contributed by atoms with Gasteiger partial charge in [-0.1, -0.05) is 35.5 Å². The van der Waals surface area contributed by atoms with Crippen LogP contribution in [0.4, 0.5) is 13.2 Å². The van der Waals surface area contributed by atoms with Gasteiger partial charge in [-0.05, 0) is 0 Å². The van der Waals surface area contributed by atoms with Gasteiger partial charge in [-0.2, -0.15) is 18.2 Å². The molecule has 0 aliphatic carbocycles. The average molecular weight is 301 g/mol. The second-order valence-electron chi connectivity index (χ2n) is 4.43. The van der Waals surface area contributed by atoms with Crippen molar-refractivity contribution in [3.05, 3.63) is 36.2 Å². The Kier molecular flexibility index (Phi) is 4.92. The van der Waals surface area contributed by atoms with Crippen molar-refractivity contribution in [3.8, 4) is 11.4 Å². The lowest BCUT2D eigenvalue weighted by atomic mass is 10.2. The van der Waals surface area contributed by atoms with Gasteiger partial charge in [-0.15, -0.1) is 0 Å². The van der Waals surface area contributed by atoms with Gasteiger partial charge < -0.3 is 9.63 Å². The molecule has 2 aromatic rings. The summed E-state index contributed by atoms with van der Waals surface area (Å²) in [6.45, 7) is -1.81. The molecule has 0 aliphatic rings. The van der Waals surface area contributed by atoms with Crippen molar-refractivity contribution >= 4 is 0 Å². The molecule has 1 aromatic carbocycles. The molecule has 0 unspecified atom stereocenters. The van der Waals surface area contributed by atoms with Crippen LogP contribution < -0.4 is 0 Å². The number of halogens is 3. The molecule has 8 heteroatoms. The molecule has 0 fully saturated rings. The van der Waals surface area contributed by atoms with Crippen LogP contribution in [0.25, 0.3) is 11.4 Å². The molecule has 114 valence electrons. The summed E-state index contributed by atoms with van der Waals surface area (Å²) in [5.74, 6) is 0.396. The van der Waals surface area contributed by atoms with E-state index in [-0.39, 0.29) is 25.6 Å². The first-order valence-corrected chi connectivity index (χ1v) is 6.26. The molecule has 1 aromatic heterocycles. The maximum Gasteiger partial charge on any atom is 0.401 e. The first-order valence-electron chi connectivity index (χ1n) is 6.26. The Labute approximate surface area is 119 Å². The Bertz CT molecular complexity index is 557. The van der Waals surface area contributed by atoms with Crippen LogP contribution in [0.5, 0.6) is 0 Å². The van der Waals surface area contributed by atoms with Crippen LogP contribution >= 0.6 is 0 Å². The fourth-order valence-corrected chi connectivity index (χ4v) is 1.82. The second-order valence-corrected chi connectivity index (χ2v) is 4.43. The molecule has 0 aliphatic heterocycles. The Morgan fingerprint density at radius 1 is 1.19 bits per heavy atom. The normalized spacial score (nSPS) is 12.0. The predicted octanol–water partition coefficient (Wildman–Crippen LogP) is 2.09. The SMILES string of the molecule is OCCN(Cc1nc(-c2ccccc2)no1)CC(F)(F)F. The fraction of sp³-hybridized carbons (Fsp3) is 0.385. The number of hydrogen-bond donors (Lipinski definition) is 1. The minimum Gasteiger partial charge on any atom is -0.395 e. The molecule has 2 rings (SSSR count). The van der Waals surface area contributed by atoms with Crippen molar-refractivity contribution in [2.45, 2.75) is 12.7 Å². The summed E-state index contributed by atoms with van der Waals surface area (Å²) in [5, 5.41) is 12.6. The zero-order chi connectivity index (χ0) is 15.3. The van der Waals surface area contributed by atoms with Crippen molar-refractivity contribution in [1.82, 2.24) is 15.0 Å². The summed E-state index contributed by atoms with van der Waals surface area (Å²) in [7, 11) is 0. The Morgan fingerprint density at radius 3 is 2.52 bits per heavy atom. The van der Waals surface area contributed by atoms with E-state index in [0.29, 0.717) is 5.82 Å². The van der Waals surface area contributed by atoms with Crippen molar-refractivity contribution < 1.29 is 22.8 Å². The van der Waals surface area contributed by atoms with Gasteiger partial charge in [0.15, 0.2) is 0 Å². The molecular formula is C13H14F3N3O2. The van der Waals surface area contributed by atoms with Crippen LogP contribution in [0.1, 0.15) is 5.89 Å². The number of alkyl halides is 3. The number of aliphatic hydroxyl groups excluding tert-OH is 1. The van der Waals surface area contributed by atoms with E-state index in [9.17, 15) is 13.2 Å². The zero-order valence-electron chi connectivity index (χ0n) is 11.0. The second kappa shape index (κ2) is 6.68. The average Bonchev–Trinajstić information content (AvgIpc) is 2.87. The van der Waals surface area contributed by atoms with E-state index in [0.717, 1.165) is 10.5 Å². The van der Waals surface area contributed by atoms with Gasteiger partial charge in [-0.3, -0.25) is 4.90 Å². The number of nitrogens with zero attached hydrogens (tertiary/aromatic N) is 3. The standard InChI is InChI=1S/C13H14F3N3O2/c14-13(15,16)9-19(6-7-20)8-11-17-12(18-21-11)10-4-2-1-3-5-10/h1-5,20H,6-9H2. The largest absolute Gasteiger partial charge is 0.401 e. The summed E-state index contributed by atoms with van der Waals surface area (Å²) in [5.41, 5.74) is 0.719. The van der Waals surface area contributed by atoms with E-state index < -0.39 is 12.7 Å². The molecule has 0 spiro atoms. The lowest BCUT2D eigenvalue weighted by Crippen LogP contribution is -2.35. The summed E-state index contributed by atoms with van der Waals surface area (Å²) in [6.07, 6.45) is -4.35. The lowest BCUT2D eigenvalue weighted by Gasteiger charge is -2.20. The fourth-order valence-electron chi connectivity index (χ4n) is 1.82. The quantitative estimate of drug-likeness (QED) is 0.885. The van der Waals surface area contributed by atoms with Crippen LogP contribution in [0.2, 0.25) is 0 Å². The monoisotopic (exact) mass is 301 g/mol. The summed E-state index contributed by atoms with van der Waals surface area (Å²) >= 11 is 0. The first-order chi connectivity index (χ1) is 9.98. The van der Waals surface area contributed by atoms with E-state index in [4.69, 9.17) is 9.63 Å². The van der Waals surface area contributed by atoms with Crippen molar-refractivity contribution in [2.75, 3.05) is 19.7 Å². The van der Waals surface area contributed by atoms with Crippen LogP contribution in [0.15, 0.2) is 34.9 Å². The smallest absolute Gasteiger partial charge is 0.395 e. The van der Waals surface area contributed by atoms with Gasteiger partial charge in [0.2, 0.25) is 11.7 Å². The maximum absolute atomic E-state index is 12.4. The minimum absolute atomic E-state index is 0.0755. The highest BCUT2D eigenvalue weighted by atomic mass is 19.4. The highest BCUT2D eigenvalue weighted by Gasteiger charge is 2.31. The van der Waals surface area contributed by atoms with E-state index >= 15 is 0 Å². The predicted molar refractivity (Wildman–Crippen MR) is 68.2 cm³/mol. The third-order valence-electron chi connectivity index (χ3n) is 2.68. The highest BCUT2D eigenvalue weighted by molar-refractivity contribution is 5.53. The van der Waals surface area contributed by atoms with Gasteiger partial charge in [-0.25, -0.2) is 0 Å². The summed E-state index contributed by atoms with van der Waals surface area (Å²) < 4.78 is 42.2. The highest BCUT2D eigenvalue weighted by Crippen LogP contribution is 2.19. The lowest BCUT2D eigenvalue weighted by molar-refractivity contribution is -0.148. The van der Waals surface area contributed by atoms with Gasteiger partial charge in [0.25, 0.3) is 0 Å². The molecule has 5 nitrogen and oxygen atoms in total. The molecule has 1 N–H and O–H groups in total. The van der Waals surface area contributed by atoms with Crippen LogP contribution in [0, 0.1) is 0 Å². The van der Waals surface area contributed by atoms with E-state index in [1.54, 1.807) is 24.3 Å². The molecule has 21 heavy (non-hydrogen) atoms. The van der Waals surface area contributed by atoms with E-state index in [1.807, 2.05) is 6.07 Å². The molecule has 0 saturated heterocycles. The number of benzene rings is 1. The zero-order valence-corrected chi connectivity index (χ0v) is 11.0. The topological polar surface area (TPSA) is 62.4 Å². The Balaban J connectivity index is 2.06. The Hall–Kier alpha value is -1.93. The summed E-state index contributed by atoms with van der Waals surface area (Å²) in [4.78, 5) is 5.07. The minimum atomic E-state index is -4.35. The molecule has 0 atom stereocenters. The first kappa shape index (κ1) is 15.5. The van der Waals surface area contributed by atoms with Crippen LogP contribution in [-0.2, 0) is 6.54 Å². The molecule has 0 radical (unpaired) electrons. The molecule has 0 bridgehead atoms. The Morgan fingerprint density at radius 2 is 1.90 bits per heavy atom. The van der Waals surface area contributed by atoms with Crippen LogP contribution in [-0.4, -0.2) is 46.0 Å².